The van der Waals surface area contributed by atoms with Crippen LogP contribution in [0, 0.1) is 0 Å². The molecule has 0 bridgehead atoms. The van der Waals surface area contributed by atoms with E-state index < -0.39 is 0 Å². The molecule has 0 amide bonds. The molecule has 0 aromatic heterocycles. The van der Waals surface area contributed by atoms with E-state index in [9.17, 15) is 4.79 Å². The van der Waals surface area contributed by atoms with Gasteiger partial charge in [0.25, 0.3) is 0 Å². The third kappa shape index (κ3) is 4.20. The van der Waals surface area contributed by atoms with Crippen LogP contribution in [0.25, 0.3) is 0 Å². The third-order valence-corrected chi connectivity index (χ3v) is 4.14. The highest BCUT2D eigenvalue weighted by Gasteiger charge is 2.19. The number of aryl methyl sites for hydroxylation is 1. The first-order chi connectivity index (χ1) is 10.1. The molecule has 0 aliphatic carbocycles. The molecule has 0 radical (unpaired) electrons. The van der Waals surface area contributed by atoms with E-state index in [0.717, 1.165) is 29.7 Å². The first-order valence-electron chi connectivity index (χ1n) is 6.72. The average Bonchev–Trinajstić information content (AvgIpc) is 2.88. The molecule has 0 atom stereocenters. The molecule has 0 saturated heterocycles. The number of allylic oxidation sites excluding steroid dienone is 3. The number of hydrogen-bond acceptors (Lipinski definition) is 4. The van der Waals surface area contributed by atoms with E-state index in [1.807, 2.05) is 24.3 Å². The second kappa shape index (κ2) is 7.09. The fourth-order valence-corrected chi connectivity index (χ4v) is 3.04. The Morgan fingerprint density at radius 2 is 2.10 bits per heavy atom. The Hall–Kier alpha value is -2.07. The van der Waals surface area contributed by atoms with E-state index in [1.54, 1.807) is 0 Å². The van der Waals surface area contributed by atoms with Gasteiger partial charge in [-0.2, -0.15) is 0 Å². The van der Waals surface area contributed by atoms with Crippen molar-refractivity contribution < 1.29 is 4.79 Å². The zero-order chi connectivity index (χ0) is 15.2. The summed E-state index contributed by atoms with van der Waals surface area (Å²) in [5.41, 5.74) is 9.04. The largest absolute Gasteiger partial charge is 0.384 e. The van der Waals surface area contributed by atoms with Crippen molar-refractivity contribution in [2.24, 2.45) is 10.7 Å². The van der Waals surface area contributed by atoms with Crippen molar-refractivity contribution in [2.75, 3.05) is 0 Å². The predicted molar refractivity (Wildman–Crippen MR) is 90.0 cm³/mol. The number of nitrogens with zero attached hydrogens (tertiary/aromatic N) is 1. The predicted octanol–water partition coefficient (Wildman–Crippen LogP) is 3.59. The lowest BCUT2D eigenvalue weighted by Gasteiger charge is -2.07. The van der Waals surface area contributed by atoms with Gasteiger partial charge in [0.05, 0.1) is 4.91 Å². The standard InChI is InChI=1S/C17H18N2OS/c1-12(8-9-14-6-4-3-5-7-14)16-10-15(11-20)21-17(16)19-13(2)18/h3-7,10-11H,2,8-9,18H2,1H3/b16-12+,19-17+. The van der Waals surface area contributed by atoms with Gasteiger partial charge < -0.3 is 5.73 Å². The van der Waals surface area contributed by atoms with E-state index in [-0.39, 0.29) is 5.82 Å². The Kier molecular flexibility index (Phi) is 5.17. The molecule has 2 rings (SSSR count). The number of hydrogen-bond donors (Lipinski definition) is 1. The van der Waals surface area contributed by atoms with Gasteiger partial charge >= 0.3 is 0 Å². The molecule has 1 heterocycles. The van der Waals surface area contributed by atoms with Crippen LogP contribution in [0.1, 0.15) is 18.9 Å². The number of aliphatic imine (C=N–C) groups is 1. The maximum atomic E-state index is 11.0. The van der Waals surface area contributed by atoms with Crippen LogP contribution >= 0.6 is 11.8 Å². The molecule has 3 nitrogen and oxygen atoms in total. The van der Waals surface area contributed by atoms with Crippen molar-refractivity contribution in [3.63, 3.8) is 0 Å². The van der Waals surface area contributed by atoms with Crippen molar-refractivity contribution in [2.45, 2.75) is 19.8 Å². The number of benzene rings is 1. The van der Waals surface area contributed by atoms with Crippen LogP contribution in [0.2, 0.25) is 0 Å². The molecule has 1 aliphatic rings. The molecule has 1 aromatic carbocycles. The highest BCUT2D eigenvalue weighted by Crippen LogP contribution is 2.33. The minimum absolute atomic E-state index is 0.256. The van der Waals surface area contributed by atoms with Crippen molar-refractivity contribution in [1.29, 1.82) is 0 Å². The molecule has 4 heteroatoms. The van der Waals surface area contributed by atoms with Gasteiger partial charge in [-0.25, -0.2) is 4.99 Å². The lowest BCUT2D eigenvalue weighted by atomic mass is 10.0. The van der Waals surface area contributed by atoms with Gasteiger partial charge in [0.1, 0.15) is 10.9 Å². The van der Waals surface area contributed by atoms with Crippen molar-refractivity contribution in [3.05, 3.63) is 70.4 Å². The quantitative estimate of drug-likeness (QED) is 0.845. The smallest absolute Gasteiger partial charge is 0.156 e. The first-order valence-corrected chi connectivity index (χ1v) is 7.53. The molecule has 108 valence electrons. The van der Waals surface area contributed by atoms with E-state index in [1.165, 1.54) is 22.9 Å². The van der Waals surface area contributed by atoms with Crippen molar-refractivity contribution in [1.82, 2.24) is 0 Å². The van der Waals surface area contributed by atoms with Gasteiger partial charge in [0.2, 0.25) is 0 Å². The van der Waals surface area contributed by atoms with E-state index in [0.29, 0.717) is 4.91 Å². The van der Waals surface area contributed by atoms with Crippen LogP contribution in [-0.2, 0) is 11.2 Å². The van der Waals surface area contributed by atoms with Crippen LogP contribution in [0.5, 0.6) is 0 Å². The Morgan fingerprint density at radius 1 is 1.38 bits per heavy atom. The van der Waals surface area contributed by atoms with Gasteiger partial charge in [0, 0.05) is 5.57 Å². The van der Waals surface area contributed by atoms with Gasteiger partial charge in [-0.05, 0) is 31.4 Å². The Balaban J connectivity index is 2.20. The molecule has 1 aliphatic heterocycles. The van der Waals surface area contributed by atoms with Crippen molar-refractivity contribution in [3.8, 4) is 0 Å². The number of carbonyl (C=O) groups excluding carboxylic acids is 1. The number of aldehydes is 1. The molecular formula is C17H18N2OS. The highest BCUT2D eigenvalue weighted by molar-refractivity contribution is 8.18. The van der Waals surface area contributed by atoms with Gasteiger partial charge in [-0.15, -0.1) is 0 Å². The van der Waals surface area contributed by atoms with E-state index >= 15 is 0 Å². The summed E-state index contributed by atoms with van der Waals surface area (Å²) >= 11 is 1.34. The summed E-state index contributed by atoms with van der Waals surface area (Å²) in [4.78, 5) is 15.8. The fourth-order valence-electron chi connectivity index (χ4n) is 2.09. The maximum Gasteiger partial charge on any atom is 0.156 e. The number of carbonyl (C=O) groups is 1. The molecule has 21 heavy (non-hydrogen) atoms. The highest BCUT2D eigenvalue weighted by atomic mass is 32.2. The number of nitrogens with two attached hydrogens (primary N) is 1. The number of rotatable bonds is 5. The Bertz CT molecular complexity index is 642. The van der Waals surface area contributed by atoms with E-state index in [4.69, 9.17) is 5.73 Å². The molecule has 0 saturated carbocycles. The lowest BCUT2D eigenvalue weighted by Crippen LogP contribution is -2.00. The normalized spacial score (nSPS) is 18.5. The molecule has 2 N–H and O–H groups in total. The summed E-state index contributed by atoms with van der Waals surface area (Å²) in [6, 6.07) is 10.3. The number of thioether (sulfide) groups is 1. The Labute approximate surface area is 129 Å². The average molecular weight is 298 g/mol. The maximum absolute atomic E-state index is 11.0. The molecule has 0 fully saturated rings. The van der Waals surface area contributed by atoms with E-state index in [2.05, 4.69) is 30.6 Å². The van der Waals surface area contributed by atoms with Gasteiger partial charge in [-0.3, -0.25) is 4.79 Å². The second-order valence-corrected chi connectivity index (χ2v) is 5.92. The zero-order valence-corrected chi connectivity index (χ0v) is 12.8. The van der Waals surface area contributed by atoms with Gasteiger partial charge in [-0.1, -0.05) is 54.2 Å². The van der Waals surface area contributed by atoms with Crippen LogP contribution in [-0.4, -0.2) is 11.3 Å². The topological polar surface area (TPSA) is 55.4 Å². The summed E-state index contributed by atoms with van der Waals surface area (Å²) < 4.78 is 0. The molecule has 0 unspecified atom stereocenters. The molecule has 0 spiro atoms. The second-order valence-electron chi connectivity index (χ2n) is 4.85. The van der Waals surface area contributed by atoms with Crippen molar-refractivity contribution >= 4 is 23.1 Å². The summed E-state index contributed by atoms with van der Waals surface area (Å²) in [5.74, 6) is 0.256. The molecular weight excluding hydrogens is 280 g/mol. The summed E-state index contributed by atoms with van der Waals surface area (Å²) in [6.07, 6.45) is 4.59. The van der Waals surface area contributed by atoms with Crippen LogP contribution in [0.3, 0.4) is 0 Å². The SMILES string of the molecule is C=C(N)/N=C1/SC(C=O)=C/C1=C(/C)CCc1ccccc1. The lowest BCUT2D eigenvalue weighted by molar-refractivity contribution is -0.104. The van der Waals surface area contributed by atoms with Crippen LogP contribution in [0.15, 0.2) is 69.9 Å². The Morgan fingerprint density at radius 3 is 2.71 bits per heavy atom. The third-order valence-electron chi connectivity index (χ3n) is 3.18. The monoisotopic (exact) mass is 298 g/mol. The van der Waals surface area contributed by atoms with Gasteiger partial charge in [0.15, 0.2) is 6.29 Å². The summed E-state index contributed by atoms with van der Waals surface area (Å²) in [7, 11) is 0. The van der Waals surface area contributed by atoms with Crippen LogP contribution < -0.4 is 5.73 Å². The summed E-state index contributed by atoms with van der Waals surface area (Å²) in [6.45, 7) is 5.67. The first kappa shape index (κ1) is 15.3. The minimum atomic E-state index is 0.256. The molecule has 1 aromatic rings. The minimum Gasteiger partial charge on any atom is -0.384 e. The van der Waals surface area contributed by atoms with Crippen LogP contribution in [0.4, 0.5) is 0 Å². The summed E-state index contributed by atoms with van der Waals surface area (Å²) in [5, 5.41) is 0.759. The fraction of sp³-hybridized carbons (Fsp3) is 0.176. The zero-order valence-electron chi connectivity index (χ0n) is 12.0.